The van der Waals surface area contributed by atoms with Gasteiger partial charge in [0.2, 0.25) is 11.8 Å². The fraction of sp³-hybridized carbons (Fsp3) is 0.250. The lowest BCUT2D eigenvalue weighted by atomic mass is 10.0. The number of ether oxygens (including phenoxy) is 1. The van der Waals surface area contributed by atoms with E-state index in [9.17, 15) is 9.59 Å². The van der Waals surface area contributed by atoms with Crippen molar-refractivity contribution in [3.05, 3.63) is 64.3 Å². The van der Waals surface area contributed by atoms with E-state index >= 15 is 0 Å². The van der Waals surface area contributed by atoms with Crippen molar-refractivity contribution in [2.75, 3.05) is 17.7 Å². The van der Waals surface area contributed by atoms with E-state index in [1.54, 1.807) is 19.3 Å². The van der Waals surface area contributed by atoms with Crippen LogP contribution in [0.25, 0.3) is 17.0 Å². The Balaban J connectivity index is 1.61. The summed E-state index contributed by atoms with van der Waals surface area (Å²) in [6.45, 7) is 3.22. The molecule has 0 spiro atoms. The SMILES string of the molecule is CCn1c(/C=C/C(=O)Nc2ccc3c(c2)NC(=O)CC3)c(COC)c2cc(Cl)ccc21. The standard InChI is InChI=1S/C24H24ClN3O3/c1-3-28-21-8-6-16(25)12-18(21)19(14-31-2)22(28)9-11-23(29)26-17-7-4-15-5-10-24(30)27-20(15)13-17/h4,6-9,11-13H,3,5,10,14H2,1-2H3,(H,26,29)(H,27,30)/b11-9+. The number of nitrogens with one attached hydrogen (secondary N) is 2. The average Bonchev–Trinajstić information content (AvgIpc) is 3.04. The van der Waals surface area contributed by atoms with E-state index in [-0.39, 0.29) is 11.8 Å². The molecule has 1 aliphatic heterocycles. The van der Waals surface area contributed by atoms with Crippen LogP contribution in [0.3, 0.4) is 0 Å². The third kappa shape index (κ3) is 4.36. The highest BCUT2D eigenvalue weighted by atomic mass is 35.5. The minimum Gasteiger partial charge on any atom is -0.380 e. The number of halogens is 1. The molecule has 0 aliphatic carbocycles. The number of hydrogen-bond donors (Lipinski definition) is 2. The van der Waals surface area contributed by atoms with Crippen LogP contribution in [0.4, 0.5) is 11.4 Å². The number of aryl methyl sites for hydroxylation is 2. The number of benzene rings is 2. The molecule has 1 aromatic heterocycles. The summed E-state index contributed by atoms with van der Waals surface area (Å²) in [7, 11) is 1.65. The second kappa shape index (κ2) is 8.96. The summed E-state index contributed by atoms with van der Waals surface area (Å²) >= 11 is 6.21. The van der Waals surface area contributed by atoms with Crippen molar-refractivity contribution in [1.82, 2.24) is 4.57 Å². The van der Waals surface area contributed by atoms with Gasteiger partial charge in [0.15, 0.2) is 0 Å². The Morgan fingerprint density at radius 1 is 1.26 bits per heavy atom. The van der Waals surface area contributed by atoms with Crippen molar-refractivity contribution in [3.63, 3.8) is 0 Å². The summed E-state index contributed by atoms with van der Waals surface area (Å²) < 4.78 is 7.55. The number of carbonyl (C=O) groups is 2. The molecule has 0 saturated carbocycles. The Morgan fingerprint density at radius 2 is 2.10 bits per heavy atom. The van der Waals surface area contributed by atoms with Gasteiger partial charge < -0.3 is 19.9 Å². The van der Waals surface area contributed by atoms with Gasteiger partial charge in [-0.3, -0.25) is 9.59 Å². The molecular formula is C24H24ClN3O3. The number of nitrogens with zero attached hydrogens (tertiary/aromatic N) is 1. The summed E-state index contributed by atoms with van der Waals surface area (Å²) in [5.41, 5.74) is 5.41. The number of aromatic nitrogens is 1. The maximum atomic E-state index is 12.6. The molecule has 3 aromatic rings. The molecule has 0 unspecified atom stereocenters. The van der Waals surface area contributed by atoms with Gasteiger partial charge in [-0.15, -0.1) is 0 Å². The fourth-order valence-electron chi connectivity index (χ4n) is 4.03. The molecule has 0 fully saturated rings. The number of methoxy groups -OCH3 is 1. The zero-order chi connectivity index (χ0) is 22.0. The van der Waals surface area contributed by atoms with Crippen molar-refractivity contribution in [2.24, 2.45) is 0 Å². The van der Waals surface area contributed by atoms with Gasteiger partial charge in [0.05, 0.1) is 6.61 Å². The first-order chi connectivity index (χ1) is 15.0. The van der Waals surface area contributed by atoms with Crippen molar-refractivity contribution in [1.29, 1.82) is 0 Å². The fourth-order valence-corrected chi connectivity index (χ4v) is 4.20. The lowest BCUT2D eigenvalue weighted by Gasteiger charge is -2.17. The first-order valence-electron chi connectivity index (χ1n) is 10.2. The van der Waals surface area contributed by atoms with Crippen molar-refractivity contribution in [2.45, 2.75) is 32.9 Å². The van der Waals surface area contributed by atoms with Gasteiger partial charge in [0.25, 0.3) is 0 Å². The third-order valence-corrected chi connectivity index (χ3v) is 5.68. The average molecular weight is 438 g/mol. The molecular weight excluding hydrogens is 414 g/mol. The summed E-state index contributed by atoms with van der Waals surface area (Å²) in [5.74, 6) is -0.259. The molecule has 2 aromatic carbocycles. The van der Waals surface area contributed by atoms with Crippen LogP contribution in [0.5, 0.6) is 0 Å². The Bertz CT molecular complexity index is 1200. The molecule has 7 heteroatoms. The zero-order valence-corrected chi connectivity index (χ0v) is 18.3. The van der Waals surface area contributed by atoms with Gasteiger partial charge in [-0.05, 0) is 55.3 Å². The Labute approximate surface area is 185 Å². The Hall–Kier alpha value is -3.09. The topological polar surface area (TPSA) is 72.4 Å². The largest absolute Gasteiger partial charge is 0.380 e. The smallest absolute Gasteiger partial charge is 0.248 e. The van der Waals surface area contributed by atoms with E-state index in [1.807, 2.05) is 30.3 Å². The number of amides is 2. The third-order valence-electron chi connectivity index (χ3n) is 5.44. The summed E-state index contributed by atoms with van der Waals surface area (Å²) in [5, 5.41) is 7.40. The van der Waals surface area contributed by atoms with Crippen LogP contribution < -0.4 is 10.6 Å². The molecule has 160 valence electrons. The van der Waals surface area contributed by atoms with Crippen LogP contribution in [0, 0.1) is 0 Å². The van der Waals surface area contributed by atoms with Crippen LogP contribution in [-0.4, -0.2) is 23.5 Å². The monoisotopic (exact) mass is 437 g/mol. The molecule has 2 heterocycles. The van der Waals surface area contributed by atoms with Crippen LogP contribution in [0.2, 0.25) is 5.02 Å². The van der Waals surface area contributed by atoms with E-state index in [1.165, 1.54) is 6.08 Å². The van der Waals surface area contributed by atoms with E-state index in [0.29, 0.717) is 30.2 Å². The Kier molecular flexibility index (Phi) is 6.11. The number of carbonyl (C=O) groups excluding carboxylic acids is 2. The molecule has 0 radical (unpaired) electrons. The summed E-state index contributed by atoms with van der Waals surface area (Å²) in [6, 6.07) is 11.4. The van der Waals surface area contributed by atoms with Crippen LogP contribution >= 0.6 is 11.6 Å². The predicted molar refractivity (Wildman–Crippen MR) is 124 cm³/mol. The molecule has 0 atom stereocenters. The van der Waals surface area contributed by atoms with Crippen molar-refractivity contribution < 1.29 is 14.3 Å². The normalized spacial score (nSPS) is 13.5. The first kappa shape index (κ1) is 21.2. The van der Waals surface area contributed by atoms with Crippen molar-refractivity contribution in [3.8, 4) is 0 Å². The molecule has 6 nitrogen and oxygen atoms in total. The molecule has 0 saturated heterocycles. The van der Waals surface area contributed by atoms with E-state index < -0.39 is 0 Å². The van der Waals surface area contributed by atoms with Gasteiger partial charge in [0.1, 0.15) is 0 Å². The summed E-state index contributed by atoms with van der Waals surface area (Å²) in [4.78, 5) is 24.2. The molecule has 2 amide bonds. The quantitative estimate of drug-likeness (QED) is 0.533. The second-order valence-electron chi connectivity index (χ2n) is 7.45. The van der Waals surface area contributed by atoms with E-state index in [2.05, 4.69) is 22.1 Å². The Morgan fingerprint density at radius 3 is 2.87 bits per heavy atom. The highest BCUT2D eigenvalue weighted by Crippen LogP contribution is 2.31. The van der Waals surface area contributed by atoms with Crippen LogP contribution in [0.15, 0.2) is 42.5 Å². The minimum atomic E-state index is -0.253. The lowest BCUT2D eigenvalue weighted by Crippen LogP contribution is -2.19. The number of fused-ring (bicyclic) bond motifs is 2. The highest BCUT2D eigenvalue weighted by Gasteiger charge is 2.16. The van der Waals surface area contributed by atoms with Gasteiger partial charge in [0, 0.05) is 64.7 Å². The van der Waals surface area contributed by atoms with Gasteiger partial charge >= 0.3 is 0 Å². The number of hydrogen-bond acceptors (Lipinski definition) is 3. The van der Waals surface area contributed by atoms with Crippen LogP contribution in [-0.2, 0) is 33.9 Å². The number of rotatable bonds is 6. The van der Waals surface area contributed by atoms with Gasteiger partial charge in [-0.25, -0.2) is 0 Å². The van der Waals surface area contributed by atoms with Crippen LogP contribution in [0.1, 0.15) is 30.2 Å². The second-order valence-corrected chi connectivity index (χ2v) is 7.88. The first-order valence-corrected chi connectivity index (χ1v) is 10.6. The maximum Gasteiger partial charge on any atom is 0.248 e. The molecule has 2 N–H and O–H groups in total. The molecule has 4 rings (SSSR count). The highest BCUT2D eigenvalue weighted by molar-refractivity contribution is 6.31. The van der Waals surface area contributed by atoms with E-state index in [4.69, 9.17) is 16.3 Å². The van der Waals surface area contributed by atoms with Crippen molar-refractivity contribution >= 4 is 51.8 Å². The molecule has 1 aliphatic rings. The van der Waals surface area contributed by atoms with Gasteiger partial charge in [-0.2, -0.15) is 0 Å². The van der Waals surface area contributed by atoms with Gasteiger partial charge in [-0.1, -0.05) is 17.7 Å². The van der Waals surface area contributed by atoms with E-state index in [0.717, 1.165) is 40.0 Å². The molecule has 31 heavy (non-hydrogen) atoms. The minimum absolute atomic E-state index is 0.00552. The number of anilines is 2. The molecule has 0 bridgehead atoms. The lowest BCUT2D eigenvalue weighted by molar-refractivity contribution is -0.116. The maximum absolute atomic E-state index is 12.6. The summed E-state index contributed by atoms with van der Waals surface area (Å²) in [6.07, 6.45) is 4.52. The predicted octanol–water partition coefficient (Wildman–Crippen LogP) is 5.00. The zero-order valence-electron chi connectivity index (χ0n) is 17.5.